The second-order valence-corrected chi connectivity index (χ2v) is 2.60. The van der Waals surface area contributed by atoms with Gasteiger partial charge in [0.25, 0.3) is 6.43 Å². The highest BCUT2D eigenvalue weighted by Crippen LogP contribution is 2.23. The molecule has 1 rings (SSSR count). The molecular weight excluding hydrogens is 207 g/mol. The fourth-order valence-corrected chi connectivity index (χ4v) is 0.996. The van der Waals surface area contributed by atoms with Gasteiger partial charge in [0, 0.05) is 0 Å². The molecular formula is C9H4F3N3. The summed E-state index contributed by atoms with van der Waals surface area (Å²) in [5, 5.41) is 16.8. The van der Waals surface area contributed by atoms with Gasteiger partial charge in [-0.05, 0) is 6.07 Å². The molecule has 0 aromatic carbocycles. The van der Waals surface area contributed by atoms with Gasteiger partial charge in [-0.3, -0.25) is 0 Å². The Morgan fingerprint density at radius 1 is 1.40 bits per heavy atom. The van der Waals surface area contributed by atoms with Crippen LogP contribution in [0.4, 0.5) is 13.2 Å². The minimum Gasteiger partial charge on any atom is -0.237 e. The SMILES string of the molecule is N#CCc1nc(C#N)c(C(F)F)cc1F. The lowest BCUT2D eigenvalue weighted by Crippen LogP contribution is -2.02. The molecule has 0 aliphatic carbocycles. The van der Waals surface area contributed by atoms with Crippen molar-refractivity contribution in [1.29, 1.82) is 10.5 Å². The molecule has 0 fully saturated rings. The van der Waals surface area contributed by atoms with Gasteiger partial charge in [-0.1, -0.05) is 0 Å². The molecule has 0 unspecified atom stereocenters. The third-order valence-corrected chi connectivity index (χ3v) is 1.67. The summed E-state index contributed by atoms with van der Waals surface area (Å²) in [6.45, 7) is 0. The molecule has 0 aliphatic heterocycles. The quantitative estimate of drug-likeness (QED) is 0.752. The summed E-state index contributed by atoms with van der Waals surface area (Å²) in [4.78, 5) is 3.36. The van der Waals surface area contributed by atoms with Crippen LogP contribution in [0.15, 0.2) is 6.07 Å². The largest absolute Gasteiger partial charge is 0.266 e. The summed E-state index contributed by atoms with van der Waals surface area (Å²) < 4.78 is 37.6. The summed E-state index contributed by atoms with van der Waals surface area (Å²) in [5.41, 5.74) is -1.59. The molecule has 0 bridgehead atoms. The summed E-state index contributed by atoms with van der Waals surface area (Å²) >= 11 is 0. The Morgan fingerprint density at radius 3 is 2.53 bits per heavy atom. The van der Waals surface area contributed by atoms with Crippen LogP contribution in [0, 0.1) is 28.5 Å². The molecule has 1 aromatic heterocycles. The smallest absolute Gasteiger partial charge is 0.237 e. The van der Waals surface area contributed by atoms with E-state index >= 15 is 0 Å². The lowest BCUT2D eigenvalue weighted by molar-refractivity contribution is 0.150. The lowest BCUT2D eigenvalue weighted by Gasteiger charge is -2.04. The first-order chi connectivity index (χ1) is 7.10. The zero-order valence-corrected chi connectivity index (χ0v) is 7.34. The summed E-state index contributed by atoms with van der Waals surface area (Å²) in [6, 6.07) is 3.61. The van der Waals surface area contributed by atoms with Crippen molar-refractivity contribution in [3.8, 4) is 12.1 Å². The average Bonchev–Trinajstić information content (AvgIpc) is 2.20. The number of pyridine rings is 1. The fraction of sp³-hybridized carbons (Fsp3) is 0.222. The average molecular weight is 211 g/mol. The summed E-state index contributed by atoms with van der Waals surface area (Å²) in [5.74, 6) is -0.995. The molecule has 1 heterocycles. The third kappa shape index (κ3) is 2.23. The Bertz CT molecular complexity index is 457. The molecule has 15 heavy (non-hydrogen) atoms. The maximum atomic E-state index is 13.1. The van der Waals surface area contributed by atoms with E-state index in [0.29, 0.717) is 6.07 Å². The lowest BCUT2D eigenvalue weighted by atomic mass is 10.1. The molecule has 0 spiro atoms. The number of nitriles is 2. The van der Waals surface area contributed by atoms with E-state index in [-0.39, 0.29) is 12.1 Å². The van der Waals surface area contributed by atoms with Gasteiger partial charge in [-0.2, -0.15) is 10.5 Å². The van der Waals surface area contributed by atoms with E-state index in [4.69, 9.17) is 10.5 Å². The van der Waals surface area contributed by atoms with Gasteiger partial charge in [-0.15, -0.1) is 0 Å². The van der Waals surface area contributed by atoms with Crippen LogP contribution in [0.3, 0.4) is 0 Å². The predicted octanol–water partition coefficient (Wildman–Crippen LogP) is 2.10. The Hall–Kier alpha value is -2.08. The standard InChI is InChI=1S/C9H4F3N3/c10-6-3-5(9(11)12)8(4-14)15-7(6)1-2-13/h3,9H,1H2. The minimum atomic E-state index is -2.96. The van der Waals surface area contributed by atoms with Crippen LogP contribution in [0.25, 0.3) is 0 Å². The van der Waals surface area contributed by atoms with E-state index in [1.54, 1.807) is 6.07 Å². The van der Waals surface area contributed by atoms with Crippen molar-refractivity contribution >= 4 is 0 Å². The van der Waals surface area contributed by atoms with Crippen LogP contribution in [0.1, 0.15) is 23.4 Å². The highest BCUT2D eigenvalue weighted by molar-refractivity contribution is 5.34. The van der Waals surface area contributed by atoms with E-state index in [2.05, 4.69) is 4.98 Å². The van der Waals surface area contributed by atoms with Gasteiger partial charge >= 0.3 is 0 Å². The zero-order valence-electron chi connectivity index (χ0n) is 7.34. The summed E-state index contributed by atoms with van der Waals surface area (Å²) in [6.07, 6.45) is -3.32. The molecule has 0 aliphatic rings. The van der Waals surface area contributed by atoms with Crippen molar-refractivity contribution in [3.05, 3.63) is 28.8 Å². The van der Waals surface area contributed by atoms with Gasteiger partial charge in [0.05, 0.1) is 23.7 Å². The Labute approximate surface area is 83.4 Å². The first kappa shape index (κ1) is 11.0. The molecule has 1 aromatic rings. The number of hydrogen-bond donors (Lipinski definition) is 0. The van der Waals surface area contributed by atoms with E-state index in [9.17, 15) is 13.2 Å². The monoisotopic (exact) mass is 211 g/mol. The number of halogens is 3. The molecule has 3 nitrogen and oxygen atoms in total. The third-order valence-electron chi connectivity index (χ3n) is 1.67. The van der Waals surface area contributed by atoms with Gasteiger partial charge in [0.2, 0.25) is 0 Å². The summed E-state index contributed by atoms with van der Waals surface area (Å²) in [7, 11) is 0. The fourth-order valence-electron chi connectivity index (χ4n) is 0.996. The first-order valence-electron chi connectivity index (χ1n) is 3.84. The molecule has 0 radical (unpaired) electrons. The van der Waals surface area contributed by atoms with Crippen molar-refractivity contribution in [2.75, 3.05) is 0 Å². The predicted molar refractivity (Wildman–Crippen MR) is 43.2 cm³/mol. The number of aromatic nitrogens is 1. The van der Waals surface area contributed by atoms with Crippen molar-refractivity contribution in [1.82, 2.24) is 4.98 Å². The number of rotatable bonds is 2. The minimum absolute atomic E-state index is 0.293. The van der Waals surface area contributed by atoms with Crippen LogP contribution in [-0.4, -0.2) is 4.98 Å². The van der Waals surface area contributed by atoms with Crippen LogP contribution in [0.5, 0.6) is 0 Å². The molecule has 0 atom stereocenters. The van der Waals surface area contributed by atoms with Crippen molar-refractivity contribution in [3.63, 3.8) is 0 Å². The molecule has 6 heteroatoms. The zero-order chi connectivity index (χ0) is 11.4. The molecule has 0 N–H and O–H groups in total. The van der Waals surface area contributed by atoms with Crippen molar-refractivity contribution in [2.45, 2.75) is 12.8 Å². The van der Waals surface area contributed by atoms with Gasteiger partial charge in [0.15, 0.2) is 0 Å². The normalized spacial score (nSPS) is 9.73. The Morgan fingerprint density at radius 2 is 2.07 bits per heavy atom. The van der Waals surface area contributed by atoms with Gasteiger partial charge in [0.1, 0.15) is 17.6 Å². The highest BCUT2D eigenvalue weighted by Gasteiger charge is 2.18. The maximum absolute atomic E-state index is 13.1. The topological polar surface area (TPSA) is 60.5 Å². The van der Waals surface area contributed by atoms with Crippen LogP contribution >= 0.6 is 0 Å². The van der Waals surface area contributed by atoms with Crippen molar-refractivity contribution in [2.24, 2.45) is 0 Å². The number of hydrogen-bond acceptors (Lipinski definition) is 3. The molecule has 0 amide bonds. The number of alkyl halides is 2. The number of nitrogens with zero attached hydrogens (tertiary/aromatic N) is 3. The first-order valence-corrected chi connectivity index (χ1v) is 3.84. The Kier molecular flexibility index (Phi) is 3.25. The van der Waals surface area contributed by atoms with Gasteiger partial charge < -0.3 is 0 Å². The van der Waals surface area contributed by atoms with Crippen LogP contribution < -0.4 is 0 Å². The molecule has 76 valence electrons. The second-order valence-electron chi connectivity index (χ2n) is 2.60. The van der Waals surface area contributed by atoms with E-state index in [0.717, 1.165) is 0 Å². The highest BCUT2D eigenvalue weighted by atomic mass is 19.3. The second kappa shape index (κ2) is 4.43. The maximum Gasteiger partial charge on any atom is 0.266 e. The molecule has 0 saturated heterocycles. The Balaban J connectivity index is 3.32. The van der Waals surface area contributed by atoms with Crippen LogP contribution in [-0.2, 0) is 6.42 Å². The van der Waals surface area contributed by atoms with E-state index in [1.165, 1.54) is 6.07 Å². The molecule has 0 saturated carbocycles. The van der Waals surface area contributed by atoms with E-state index < -0.39 is 23.5 Å². The van der Waals surface area contributed by atoms with E-state index in [1.807, 2.05) is 0 Å². The van der Waals surface area contributed by atoms with Crippen molar-refractivity contribution < 1.29 is 13.2 Å². The van der Waals surface area contributed by atoms with Gasteiger partial charge in [-0.25, -0.2) is 18.2 Å². The van der Waals surface area contributed by atoms with Crippen LogP contribution in [0.2, 0.25) is 0 Å².